The van der Waals surface area contributed by atoms with Gasteiger partial charge >= 0.3 is 18.5 Å². The number of anilines is 1. The van der Waals surface area contributed by atoms with Crippen molar-refractivity contribution in [2.45, 2.75) is 19.1 Å². The molecule has 34 heavy (non-hydrogen) atoms. The van der Waals surface area contributed by atoms with Crippen LogP contribution in [-0.4, -0.2) is 37.3 Å². The fraction of sp³-hybridized carbons (Fsp3) is 0.150. The van der Waals surface area contributed by atoms with Crippen molar-refractivity contribution < 1.29 is 35.6 Å². The molecule has 0 aliphatic heterocycles. The highest BCUT2D eigenvalue weighted by Crippen LogP contribution is 2.26. The lowest BCUT2D eigenvalue weighted by atomic mass is 10.1. The summed E-state index contributed by atoms with van der Waals surface area (Å²) in [4.78, 5) is 11.1. The van der Waals surface area contributed by atoms with Crippen LogP contribution in [0.1, 0.15) is 17.9 Å². The third-order valence-electron chi connectivity index (χ3n) is 4.47. The molecule has 0 bridgehead atoms. The van der Waals surface area contributed by atoms with Crippen LogP contribution in [0.4, 0.5) is 32.0 Å². The van der Waals surface area contributed by atoms with Crippen molar-refractivity contribution in [2.24, 2.45) is 0 Å². The molecule has 8 nitrogen and oxygen atoms in total. The van der Waals surface area contributed by atoms with Gasteiger partial charge in [0.05, 0.1) is 12.7 Å². The SMILES string of the molecule is O=C(Nc1cccc(-c2cn(Cc3ccc(-c4nnc(C(F)F)o4)cc3F)nn2)c1)C(F)(F)F. The third kappa shape index (κ3) is 5.05. The minimum absolute atomic E-state index is 0.0598. The average Bonchev–Trinajstić information content (AvgIpc) is 3.45. The lowest BCUT2D eigenvalue weighted by molar-refractivity contribution is -0.167. The van der Waals surface area contributed by atoms with Gasteiger partial charge in [-0.15, -0.1) is 15.3 Å². The van der Waals surface area contributed by atoms with Gasteiger partial charge in [0.15, 0.2) is 0 Å². The summed E-state index contributed by atoms with van der Waals surface area (Å²) in [6, 6.07) is 9.37. The summed E-state index contributed by atoms with van der Waals surface area (Å²) in [6.45, 7) is -0.0598. The zero-order chi connectivity index (χ0) is 24.5. The first kappa shape index (κ1) is 22.9. The Kier molecular flexibility index (Phi) is 6.04. The molecule has 0 spiro atoms. The van der Waals surface area contributed by atoms with Gasteiger partial charge in [0.2, 0.25) is 5.89 Å². The van der Waals surface area contributed by atoms with Crippen molar-refractivity contribution in [1.29, 1.82) is 0 Å². The van der Waals surface area contributed by atoms with E-state index in [1.54, 1.807) is 11.4 Å². The molecule has 4 aromatic rings. The van der Waals surface area contributed by atoms with Crippen LogP contribution in [0.2, 0.25) is 0 Å². The minimum atomic E-state index is -5.03. The van der Waals surface area contributed by atoms with Crippen LogP contribution in [-0.2, 0) is 11.3 Å². The van der Waals surface area contributed by atoms with Crippen molar-refractivity contribution in [3.8, 4) is 22.7 Å². The van der Waals surface area contributed by atoms with Crippen LogP contribution in [0.15, 0.2) is 53.1 Å². The predicted octanol–water partition coefficient (Wildman–Crippen LogP) is 4.62. The molecule has 176 valence electrons. The summed E-state index contributed by atoms with van der Waals surface area (Å²) in [5.74, 6) is -3.95. The van der Waals surface area contributed by atoms with E-state index < -0.39 is 30.2 Å². The summed E-state index contributed by atoms with van der Waals surface area (Å²) in [6.07, 6.45) is -6.55. The molecular formula is C20H12F6N6O2. The second kappa shape index (κ2) is 8.96. The Labute approximate surface area is 186 Å². The number of amides is 1. The van der Waals surface area contributed by atoms with E-state index in [9.17, 15) is 31.1 Å². The molecule has 1 amide bonds. The average molecular weight is 482 g/mol. The molecule has 0 radical (unpaired) electrons. The maximum absolute atomic E-state index is 14.6. The van der Waals surface area contributed by atoms with Gasteiger partial charge in [-0.05, 0) is 24.3 Å². The largest absolute Gasteiger partial charge is 0.471 e. The molecule has 2 aromatic carbocycles. The van der Waals surface area contributed by atoms with Gasteiger partial charge in [-0.3, -0.25) is 4.79 Å². The minimum Gasteiger partial charge on any atom is -0.415 e. The van der Waals surface area contributed by atoms with Crippen LogP contribution in [0.3, 0.4) is 0 Å². The summed E-state index contributed by atoms with van der Waals surface area (Å²) < 4.78 is 83.1. The fourth-order valence-corrected chi connectivity index (χ4v) is 2.89. The number of carbonyl (C=O) groups excluding carboxylic acids is 1. The molecule has 0 aliphatic rings. The highest BCUT2D eigenvalue weighted by atomic mass is 19.4. The first-order valence-corrected chi connectivity index (χ1v) is 9.39. The van der Waals surface area contributed by atoms with Gasteiger partial charge < -0.3 is 9.73 Å². The molecule has 0 saturated carbocycles. The quantitative estimate of drug-likeness (QED) is 0.403. The first-order valence-electron chi connectivity index (χ1n) is 9.39. The van der Waals surface area contributed by atoms with Gasteiger partial charge in [-0.2, -0.15) is 22.0 Å². The number of hydrogen-bond acceptors (Lipinski definition) is 6. The molecule has 0 fully saturated rings. The Bertz CT molecular complexity index is 1330. The topological polar surface area (TPSA) is 98.7 Å². The Morgan fingerprint density at radius 3 is 2.53 bits per heavy atom. The lowest BCUT2D eigenvalue weighted by Gasteiger charge is -2.08. The maximum Gasteiger partial charge on any atom is 0.471 e. The monoisotopic (exact) mass is 482 g/mol. The van der Waals surface area contributed by atoms with E-state index in [2.05, 4.69) is 20.5 Å². The van der Waals surface area contributed by atoms with Crippen molar-refractivity contribution in [3.05, 3.63) is 65.9 Å². The molecule has 14 heteroatoms. The number of benzene rings is 2. The number of hydrogen-bond donors (Lipinski definition) is 1. The second-order valence-corrected chi connectivity index (χ2v) is 6.89. The van der Waals surface area contributed by atoms with Gasteiger partial charge in [0, 0.05) is 22.4 Å². The van der Waals surface area contributed by atoms with Crippen molar-refractivity contribution >= 4 is 11.6 Å². The Hall–Kier alpha value is -4.23. The molecule has 2 heterocycles. The summed E-state index contributed by atoms with van der Waals surface area (Å²) in [5.41, 5.74) is 0.837. The van der Waals surface area contributed by atoms with E-state index in [0.717, 1.165) is 6.07 Å². The van der Waals surface area contributed by atoms with Crippen LogP contribution < -0.4 is 5.32 Å². The second-order valence-electron chi connectivity index (χ2n) is 6.89. The Morgan fingerprint density at radius 2 is 1.85 bits per heavy atom. The molecule has 0 unspecified atom stereocenters. The summed E-state index contributed by atoms with van der Waals surface area (Å²) >= 11 is 0. The normalized spacial score (nSPS) is 11.7. The summed E-state index contributed by atoms with van der Waals surface area (Å²) in [5, 5.41) is 16.2. The molecule has 0 aliphatic carbocycles. The molecular weight excluding hydrogens is 470 g/mol. The van der Waals surface area contributed by atoms with Crippen LogP contribution >= 0.6 is 0 Å². The predicted molar refractivity (Wildman–Crippen MR) is 104 cm³/mol. The molecule has 1 N–H and O–H groups in total. The molecule has 4 rings (SSSR count). The number of halogens is 6. The first-order chi connectivity index (χ1) is 16.1. The van der Waals surface area contributed by atoms with Crippen molar-refractivity contribution in [2.75, 3.05) is 5.32 Å². The van der Waals surface area contributed by atoms with E-state index in [-0.39, 0.29) is 34.9 Å². The van der Waals surface area contributed by atoms with E-state index in [4.69, 9.17) is 4.42 Å². The molecule has 2 aromatic heterocycles. The smallest absolute Gasteiger partial charge is 0.415 e. The van der Waals surface area contributed by atoms with Gasteiger partial charge in [0.25, 0.3) is 5.89 Å². The zero-order valence-electron chi connectivity index (χ0n) is 16.7. The zero-order valence-corrected chi connectivity index (χ0v) is 16.7. The van der Waals surface area contributed by atoms with Crippen LogP contribution in [0, 0.1) is 5.82 Å². The van der Waals surface area contributed by atoms with E-state index >= 15 is 0 Å². The third-order valence-corrected chi connectivity index (χ3v) is 4.47. The highest BCUT2D eigenvalue weighted by Gasteiger charge is 2.38. The number of aromatic nitrogens is 5. The number of carbonyl (C=O) groups is 1. The summed E-state index contributed by atoms with van der Waals surface area (Å²) in [7, 11) is 0. The van der Waals surface area contributed by atoms with E-state index in [0.29, 0.717) is 5.56 Å². The van der Waals surface area contributed by atoms with Gasteiger partial charge in [-0.1, -0.05) is 23.4 Å². The van der Waals surface area contributed by atoms with Gasteiger partial charge in [-0.25, -0.2) is 9.07 Å². The number of nitrogens with zero attached hydrogens (tertiary/aromatic N) is 5. The molecule has 0 saturated heterocycles. The van der Waals surface area contributed by atoms with Crippen molar-refractivity contribution in [1.82, 2.24) is 25.2 Å². The van der Waals surface area contributed by atoms with E-state index in [1.165, 1.54) is 41.2 Å². The van der Waals surface area contributed by atoms with Crippen molar-refractivity contribution in [3.63, 3.8) is 0 Å². The molecule has 0 atom stereocenters. The van der Waals surface area contributed by atoms with Crippen LogP contribution in [0.25, 0.3) is 22.7 Å². The maximum atomic E-state index is 14.6. The highest BCUT2D eigenvalue weighted by molar-refractivity contribution is 5.95. The number of rotatable bonds is 6. The fourth-order valence-electron chi connectivity index (χ4n) is 2.89. The standard InChI is InChI=1S/C20H12F6N6O2/c21-14-7-11(17-29-30-18(34-17)16(22)23)4-5-12(14)8-32-9-15(28-31-32)10-2-1-3-13(6-10)27-19(33)20(24,25)26/h1-7,9,16H,8H2,(H,27,33). The number of nitrogens with one attached hydrogen (secondary N) is 1. The lowest BCUT2D eigenvalue weighted by Crippen LogP contribution is -2.29. The number of alkyl halides is 5. The van der Waals surface area contributed by atoms with Crippen LogP contribution in [0.5, 0.6) is 0 Å². The van der Waals surface area contributed by atoms with Gasteiger partial charge in [0.1, 0.15) is 11.5 Å². The Balaban J connectivity index is 1.49. The van der Waals surface area contributed by atoms with E-state index in [1.807, 2.05) is 0 Å². The Morgan fingerprint density at radius 1 is 1.06 bits per heavy atom.